The molecule has 0 aliphatic carbocycles. The van der Waals surface area contributed by atoms with E-state index < -0.39 is 35.0 Å². The molecule has 9 heteroatoms. The Bertz CT molecular complexity index is 960. The highest BCUT2D eigenvalue weighted by atomic mass is 19.4. The topological polar surface area (TPSA) is 61.8 Å². The third-order valence-electron chi connectivity index (χ3n) is 4.39. The summed E-state index contributed by atoms with van der Waals surface area (Å²) in [5, 5.41) is 1.64. The molecule has 0 unspecified atom stereocenters. The Morgan fingerprint density at radius 1 is 1.10 bits per heavy atom. The van der Waals surface area contributed by atoms with Crippen LogP contribution in [0.15, 0.2) is 59.6 Å². The lowest BCUT2D eigenvalue weighted by Crippen LogP contribution is -2.63. The smallest absolute Gasteiger partial charge is 0.312 e. The van der Waals surface area contributed by atoms with Gasteiger partial charge in [0.05, 0.1) is 5.56 Å². The molecule has 1 heterocycles. The van der Waals surface area contributed by atoms with E-state index in [0.29, 0.717) is 12.0 Å². The monoisotopic (exact) mass is 407 g/mol. The molecule has 1 N–H and O–H groups in total. The summed E-state index contributed by atoms with van der Waals surface area (Å²) in [5.41, 5.74) is -3.86. The summed E-state index contributed by atoms with van der Waals surface area (Å²) in [5.74, 6) is -4.03. The van der Waals surface area contributed by atoms with Crippen LogP contribution < -0.4 is 5.32 Å². The van der Waals surface area contributed by atoms with Crippen molar-refractivity contribution in [1.82, 2.24) is 10.2 Å². The van der Waals surface area contributed by atoms with E-state index in [1.165, 1.54) is 24.3 Å². The Morgan fingerprint density at radius 3 is 2.31 bits per heavy atom. The first kappa shape index (κ1) is 20.5. The van der Waals surface area contributed by atoms with E-state index in [2.05, 4.69) is 4.99 Å². The first-order chi connectivity index (χ1) is 13.7. The zero-order valence-electron chi connectivity index (χ0n) is 15.3. The van der Waals surface area contributed by atoms with Crippen LogP contribution in [-0.4, -0.2) is 40.9 Å². The number of amidine groups is 1. The zero-order valence-corrected chi connectivity index (χ0v) is 15.3. The highest BCUT2D eigenvalue weighted by Crippen LogP contribution is 2.38. The fourth-order valence-electron chi connectivity index (χ4n) is 3.01. The number of carbonyl (C=O) groups is 2. The number of benzene rings is 2. The molecule has 2 aromatic carbocycles. The quantitative estimate of drug-likeness (QED) is 0.771. The summed E-state index contributed by atoms with van der Waals surface area (Å²) in [6.45, 7) is 1.67. The third kappa shape index (κ3) is 3.59. The number of halogens is 4. The lowest BCUT2D eigenvalue weighted by atomic mass is 10.1. The van der Waals surface area contributed by atoms with E-state index in [1.807, 2.05) is 0 Å². The van der Waals surface area contributed by atoms with Gasteiger partial charge in [-0.05, 0) is 18.6 Å². The number of hydrogen-bond donors (Lipinski definition) is 1. The van der Waals surface area contributed by atoms with E-state index >= 15 is 0 Å². The van der Waals surface area contributed by atoms with Crippen molar-refractivity contribution in [3.8, 4) is 0 Å². The molecule has 2 amide bonds. The summed E-state index contributed by atoms with van der Waals surface area (Å²) in [6.07, 6.45) is -4.87. The maximum absolute atomic E-state index is 14.1. The van der Waals surface area contributed by atoms with E-state index in [1.54, 1.807) is 30.4 Å². The number of hydrogen-bond acceptors (Lipinski definition) is 3. The van der Waals surface area contributed by atoms with Crippen LogP contribution in [0, 0.1) is 5.82 Å². The van der Waals surface area contributed by atoms with Crippen molar-refractivity contribution < 1.29 is 27.2 Å². The van der Waals surface area contributed by atoms with Crippen LogP contribution in [0.2, 0.25) is 0 Å². The molecule has 152 valence electrons. The maximum Gasteiger partial charge on any atom is 0.442 e. The highest BCUT2D eigenvalue weighted by Gasteiger charge is 2.67. The van der Waals surface area contributed by atoms with Crippen molar-refractivity contribution in [3.05, 3.63) is 71.5 Å². The summed E-state index contributed by atoms with van der Waals surface area (Å²) in [4.78, 5) is 29.9. The minimum Gasteiger partial charge on any atom is -0.312 e. The van der Waals surface area contributed by atoms with Crippen LogP contribution in [0.3, 0.4) is 0 Å². The molecule has 0 spiro atoms. The predicted molar refractivity (Wildman–Crippen MR) is 97.6 cm³/mol. The molecule has 0 fully saturated rings. The summed E-state index contributed by atoms with van der Waals surface area (Å²) < 4.78 is 56.1. The zero-order chi connectivity index (χ0) is 21.2. The number of alkyl halides is 3. The lowest BCUT2D eigenvalue weighted by molar-refractivity contribution is -0.196. The summed E-state index contributed by atoms with van der Waals surface area (Å²) in [7, 11) is 0. The van der Waals surface area contributed by atoms with Crippen LogP contribution >= 0.6 is 0 Å². The first-order valence-electron chi connectivity index (χ1n) is 8.82. The molecule has 3 rings (SSSR count). The van der Waals surface area contributed by atoms with Crippen molar-refractivity contribution in [1.29, 1.82) is 0 Å². The van der Waals surface area contributed by atoms with Crippen molar-refractivity contribution in [2.24, 2.45) is 4.99 Å². The second-order valence-corrected chi connectivity index (χ2v) is 6.40. The molecular weight excluding hydrogens is 390 g/mol. The average Bonchev–Trinajstić information content (AvgIpc) is 2.96. The molecular formula is C20H17F4N3O2. The molecule has 0 aromatic heterocycles. The van der Waals surface area contributed by atoms with Gasteiger partial charge in [0.15, 0.2) is 0 Å². The summed E-state index contributed by atoms with van der Waals surface area (Å²) in [6, 6.07) is 12.4. The molecule has 2 aromatic rings. The molecule has 1 aliphatic rings. The second-order valence-electron chi connectivity index (χ2n) is 6.40. The molecule has 29 heavy (non-hydrogen) atoms. The van der Waals surface area contributed by atoms with Crippen LogP contribution in [0.4, 0.5) is 17.6 Å². The van der Waals surface area contributed by atoms with Gasteiger partial charge in [0.1, 0.15) is 11.7 Å². The Hall–Kier alpha value is -3.23. The van der Waals surface area contributed by atoms with Crippen molar-refractivity contribution in [2.75, 3.05) is 6.54 Å². The van der Waals surface area contributed by atoms with Crippen LogP contribution in [-0.2, 0) is 4.79 Å². The van der Waals surface area contributed by atoms with E-state index in [9.17, 15) is 27.2 Å². The van der Waals surface area contributed by atoms with Crippen LogP contribution in [0.5, 0.6) is 0 Å². The minimum absolute atomic E-state index is 0.0278. The molecule has 0 radical (unpaired) electrons. The van der Waals surface area contributed by atoms with Gasteiger partial charge < -0.3 is 5.32 Å². The largest absolute Gasteiger partial charge is 0.442 e. The van der Waals surface area contributed by atoms with E-state index in [-0.39, 0.29) is 12.4 Å². The van der Waals surface area contributed by atoms with Crippen LogP contribution in [0.25, 0.3) is 0 Å². The number of nitrogens with one attached hydrogen (secondary N) is 1. The van der Waals surface area contributed by atoms with Gasteiger partial charge in [0.25, 0.3) is 11.8 Å². The number of amides is 2. The standard InChI is InChI=1S/C20H17F4N3O2/c1-2-12-27-16(13-8-4-3-5-9-13)25-19(18(27)29,20(22,23)24)26-17(28)14-10-6-7-11-15(14)21/h3-11H,2,12H2,1H3,(H,26,28)/t19-/m1/s1. The van der Waals surface area contributed by atoms with E-state index in [4.69, 9.17) is 0 Å². The number of rotatable bonds is 5. The molecule has 1 aliphatic heterocycles. The van der Waals surface area contributed by atoms with Gasteiger partial charge in [0.2, 0.25) is 0 Å². The van der Waals surface area contributed by atoms with Gasteiger partial charge in [-0.2, -0.15) is 13.2 Å². The molecule has 0 saturated carbocycles. The lowest BCUT2D eigenvalue weighted by Gasteiger charge is -2.29. The molecule has 0 saturated heterocycles. The molecule has 0 bridgehead atoms. The SMILES string of the molecule is CCCN1C(=O)[C@@](NC(=O)c2ccccc2F)(C(F)(F)F)N=C1c1ccccc1. The van der Waals surface area contributed by atoms with E-state index in [0.717, 1.165) is 17.0 Å². The third-order valence-corrected chi connectivity index (χ3v) is 4.39. The molecule has 5 nitrogen and oxygen atoms in total. The maximum atomic E-state index is 14.1. The Labute approximate surface area is 164 Å². The van der Waals surface area contributed by atoms with Gasteiger partial charge in [0, 0.05) is 12.1 Å². The second kappa shape index (κ2) is 7.65. The number of nitrogens with zero attached hydrogens (tertiary/aromatic N) is 2. The van der Waals surface area contributed by atoms with Crippen molar-refractivity contribution in [3.63, 3.8) is 0 Å². The Kier molecular flexibility index (Phi) is 5.41. The number of aliphatic imine (C=N–C) groups is 1. The summed E-state index contributed by atoms with van der Waals surface area (Å²) >= 11 is 0. The van der Waals surface area contributed by atoms with Gasteiger partial charge in [-0.3, -0.25) is 14.5 Å². The normalized spacial score (nSPS) is 19.3. The van der Waals surface area contributed by atoms with Crippen molar-refractivity contribution in [2.45, 2.75) is 25.2 Å². The minimum atomic E-state index is -5.24. The fourth-order valence-corrected chi connectivity index (χ4v) is 3.01. The molecule has 1 atom stereocenters. The van der Waals surface area contributed by atoms with Gasteiger partial charge in [-0.15, -0.1) is 0 Å². The highest BCUT2D eigenvalue weighted by molar-refractivity contribution is 6.16. The predicted octanol–water partition coefficient (Wildman–Crippen LogP) is 3.51. The van der Waals surface area contributed by atoms with Gasteiger partial charge in [-0.1, -0.05) is 49.4 Å². The average molecular weight is 407 g/mol. The van der Waals surface area contributed by atoms with Crippen LogP contribution in [0.1, 0.15) is 29.3 Å². The fraction of sp³-hybridized carbons (Fsp3) is 0.250. The Balaban J connectivity index is 2.11. The first-order valence-corrected chi connectivity index (χ1v) is 8.82. The van der Waals surface area contributed by atoms with Crippen molar-refractivity contribution >= 4 is 17.6 Å². The number of carbonyl (C=O) groups excluding carboxylic acids is 2. The van der Waals surface area contributed by atoms with Gasteiger partial charge in [-0.25, -0.2) is 9.38 Å². The Morgan fingerprint density at radius 2 is 1.72 bits per heavy atom. The van der Waals surface area contributed by atoms with Gasteiger partial charge >= 0.3 is 11.8 Å².